The van der Waals surface area contributed by atoms with Gasteiger partial charge in [-0.05, 0) is 18.4 Å². The van der Waals surface area contributed by atoms with Crippen LogP contribution >= 0.6 is 0 Å². The van der Waals surface area contributed by atoms with Crippen LogP contribution in [-0.4, -0.2) is 33.6 Å². The maximum atomic E-state index is 11.6. The summed E-state index contributed by atoms with van der Waals surface area (Å²) in [5, 5.41) is 10.6. The zero-order valence-electron chi connectivity index (χ0n) is 12.9. The lowest BCUT2D eigenvalue weighted by molar-refractivity contribution is -0.120. The average Bonchev–Trinajstić information content (AvgIpc) is 2.90. The second-order valence-electron chi connectivity index (χ2n) is 5.36. The van der Waals surface area contributed by atoms with Gasteiger partial charge in [-0.3, -0.25) is 4.79 Å². The van der Waals surface area contributed by atoms with Crippen LogP contribution in [0.4, 0.5) is 5.82 Å². The highest BCUT2D eigenvalue weighted by Gasteiger charge is 2.09. The van der Waals surface area contributed by atoms with Gasteiger partial charge in [-0.1, -0.05) is 20.8 Å². The van der Waals surface area contributed by atoms with Crippen molar-refractivity contribution in [2.45, 2.75) is 39.5 Å². The summed E-state index contributed by atoms with van der Waals surface area (Å²) >= 11 is 0. The van der Waals surface area contributed by atoms with Gasteiger partial charge in [0.05, 0.1) is 5.69 Å². The van der Waals surface area contributed by atoms with E-state index in [0.29, 0.717) is 18.9 Å². The summed E-state index contributed by atoms with van der Waals surface area (Å²) in [6.45, 7) is 7.55. The number of hydrogen-bond donors (Lipinski definition) is 2. The third-order valence-electron chi connectivity index (χ3n) is 3.22. The molecule has 21 heavy (non-hydrogen) atoms. The third-order valence-corrected chi connectivity index (χ3v) is 3.22. The Balaban J connectivity index is 2.00. The van der Waals surface area contributed by atoms with Crippen molar-refractivity contribution >= 4 is 17.2 Å². The van der Waals surface area contributed by atoms with Crippen LogP contribution in [0.3, 0.4) is 0 Å². The van der Waals surface area contributed by atoms with Gasteiger partial charge in [0.25, 0.3) is 0 Å². The predicted molar refractivity (Wildman–Crippen MR) is 83.5 cm³/mol. The molecule has 6 nitrogen and oxygen atoms in total. The van der Waals surface area contributed by atoms with E-state index in [1.165, 1.54) is 0 Å². The molecule has 1 amide bonds. The number of fused-ring (bicyclic) bond motifs is 1. The molecule has 0 aromatic carbocycles. The quantitative estimate of drug-likeness (QED) is 0.819. The highest BCUT2D eigenvalue weighted by atomic mass is 16.1. The molecule has 6 heteroatoms. The van der Waals surface area contributed by atoms with E-state index in [1.807, 2.05) is 23.7 Å². The average molecular weight is 289 g/mol. The SMILES string of the molecule is CCCNC(=O)CCNc1nccn2nc(C(C)C)cc12. The lowest BCUT2D eigenvalue weighted by atomic mass is 10.1. The molecule has 2 aromatic rings. The number of hydrogen-bond acceptors (Lipinski definition) is 4. The molecule has 2 N–H and O–H groups in total. The molecule has 2 heterocycles. The van der Waals surface area contributed by atoms with Crippen molar-refractivity contribution in [3.63, 3.8) is 0 Å². The fourth-order valence-electron chi connectivity index (χ4n) is 2.01. The topological polar surface area (TPSA) is 71.3 Å². The van der Waals surface area contributed by atoms with Gasteiger partial charge in [0, 0.05) is 31.9 Å². The molecule has 0 aliphatic carbocycles. The van der Waals surface area contributed by atoms with E-state index < -0.39 is 0 Å². The molecule has 2 rings (SSSR count). The van der Waals surface area contributed by atoms with Crippen molar-refractivity contribution in [3.05, 3.63) is 24.2 Å². The summed E-state index contributed by atoms with van der Waals surface area (Å²) in [5.74, 6) is 1.20. The molecule has 0 fully saturated rings. The molecular weight excluding hydrogens is 266 g/mol. The van der Waals surface area contributed by atoms with Crippen molar-refractivity contribution in [2.75, 3.05) is 18.4 Å². The molecule has 0 spiro atoms. The number of rotatable bonds is 7. The van der Waals surface area contributed by atoms with E-state index in [4.69, 9.17) is 0 Å². The van der Waals surface area contributed by atoms with Gasteiger partial charge in [0.2, 0.25) is 5.91 Å². The highest BCUT2D eigenvalue weighted by molar-refractivity contribution is 5.76. The highest BCUT2D eigenvalue weighted by Crippen LogP contribution is 2.19. The first-order valence-electron chi connectivity index (χ1n) is 7.46. The fraction of sp³-hybridized carbons (Fsp3) is 0.533. The minimum Gasteiger partial charge on any atom is -0.368 e. The molecule has 2 aromatic heterocycles. The molecule has 114 valence electrons. The Hall–Kier alpha value is -2.11. The minimum atomic E-state index is 0.0627. The van der Waals surface area contributed by atoms with Gasteiger partial charge in [0.1, 0.15) is 5.52 Å². The molecule has 0 atom stereocenters. The standard InChI is InChI=1S/C15H23N5O/c1-4-6-16-14(21)5-7-17-15-13-10-12(11(2)3)19-20(13)9-8-18-15/h8-11H,4-7H2,1-3H3,(H,16,21)(H,17,18). The van der Waals surface area contributed by atoms with Gasteiger partial charge in [-0.15, -0.1) is 0 Å². The number of aromatic nitrogens is 3. The van der Waals surface area contributed by atoms with E-state index in [-0.39, 0.29) is 5.91 Å². The van der Waals surface area contributed by atoms with Crippen LogP contribution < -0.4 is 10.6 Å². The van der Waals surface area contributed by atoms with Crippen LogP contribution in [0.15, 0.2) is 18.5 Å². The van der Waals surface area contributed by atoms with Crippen molar-refractivity contribution in [3.8, 4) is 0 Å². The summed E-state index contributed by atoms with van der Waals surface area (Å²) in [6, 6.07) is 2.04. The molecule has 0 aliphatic rings. The molecule has 0 saturated heterocycles. The first kappa shape index (κ1) is 15.3. The molecule has 0 saturated carbocycles. The number of nitrogens with zero attached hydrogens (tertiary/aromatic N) is 3. The minimum absolute atomic E-state index is 0.0627. The van der Waals surface area contributed by atoms with Gasteiger partial charge in [-0.25, -0.2) is 9.50 Å². The smallest absolute Gasteiger partial charge is 0.221 e. The second-order valence-corrected chi connectivity index (χ2v) is 5.36. The second kappa shape index (κ2) is 7.06. The van der Waals surface area contributed by atoms with Crippen LogP contribution in [0, 0.1) is 0 Å². The number of carbonyl (C=O) groups excluding carboxylic acids is 1. The first-order valence-corrected chi connectivity index (χ1v) is 7.46. The Labute approximate surface area is 125 Å². The number of carbonyl (C=O) groups is 1. The van der Waals surface area contributed by atoms with Crippen molar-refractivity contribution in [2.24, 2.45) is 0 Å². The van der Waals surface area contributed by atoms with Crippen LogP contribution in [0.1, 0.15) is 45.2 Å². The van der Waals surface area contributed by atoms with Crippen molar-refractivity contribution in [1.29, 1.82) is 0 Å². The monoisotopic (exact) mass is 289 g/mol. The maximum absolute atomic E-state index is 11.6. The number of amides is 1. The van der Waals surface area contributed by atoms with E-state index in [2.05, 4.69) is 34.6 Å². The Bertz CT molecular complexity index is 605. The van der Waals surface area contributed by atoms with E-state index >= 15 is 0 Å². The molecule has 0 radical (unpaired) electrons. The number of nitrogens with one attached hydrogen (secondary N) is 2. The summed E-state index contributed by atoms with van der Waals surface area (Å²) in [7, 11) is 0. The molecule has 0 unspecified atom stereocenters. The molecule has 0 aliphatic heterocycles. The lowest BCUT2D eigenvalue weighted by Crippen LogP contribution is -2.26. The summed E-state index contributed by atoms with van der Waals surface area (Å²) in [6.07, 6.45) is 4.94. The van der Waals surface area contributed by atoms with Crippen LogP contribution in [-0.2, 0) is 4.79 Å². The van der Waals surface area contributed by atoms with Gasteiger partial charge >= 0.3 is 0 Å². The van der Waals surface area contributed by atoms with Crippen LogP contribution in [0.5, 0.6) is 0 Å². The maximum Gasteiger partial charge on any atom is 0.221 e. The third kappa shape index (κ3) is 3.93. The Morgan fingerprint density at radius 1 is 1.38 bits per heavy atom. The van der Waals surface area contributed by atoms with Gasteiger partial charge in [-0.2, -0.15) is 5.10 Å². The fourth-order valence-corrected chi connectivity index (χ4v) is 2.01. The Morgan fingerprint density at radius 3 is 2.90 bits per heavy atom. The summed E-state index contributed by atoms with van der Waals surface area (Å²) in [5.41, 5.74) is 1.97. The molecular formula is C15H23N5O. The summed E-state index contributed by atoms with van der Waals surface area (Å²) < 4.78 is 1.82. The first-order chi connectivity index (χ1) is 10.1. The van der Waals surface area contributed by atoms with Crippen molar-refractivity contribution < 1.29 is 4.79 Å². The Kier molecular flexibility index (Phi) is 5.14. The van der Waals surface area contributed by atoms with E-state index in [0.717, 1.165) is 30.0 Å². The zero-order chi connectivity index (χ0) is 15.2. The van der Waals surface area contributed by atoms with E-state index in [9.17, 15) is 4.79 Å². The van der Waals surface area contributed by atoms with E-state index in [1.54, 1.807) is 6.20 Å². The lowest BCUT2D eigenvalue weighted by Gasteiger charge is -2.07. The zero-order valence-corrected chi connectivity index (χ0v) is 12.9. The normalized spacial score (nSPS) is 11.0. The summed E-state index contributed by atoms with van der Waals surface area (Å²) in [4.78, 5) is 15.9. The van der Waals surface area contributed by atoms with Gasteiger partial charge < -0.3 is 10.6 Å². The largest absolute Gasteiger partial charge is 0.368 e. The van der Waals surface area contributed by atoms with Crippen molar-refractivity contribution in [1.82, 2.24) is 19.9 Å². The Morgan fingerprint density at radius 2 is 2.19 bits per heavy atom. The molecule has 0 bridgehead atoms. The predicted octanol–water partition coefficient (Wildman–Crippen LogP) is 2.18. The van der Waals surface area contributed by atoms with Crippen LogP contribution in [0.2, 0.25) is 0 Å². The number of anilines is 1. The van der Waals surface area contributed by atoms with Crippen LogP contribution in [0.25, 0.3) is 5.52 Å². The van der Waals surface area contributed by atoms with Gasteiger partial charge in [0.15, 0.2) is 5.82 Å².